The van der Waals surface area contributed by atoms with Gasteiger partial charge in [-0.05, 0) is 65.6 Å². The number of hydrogen-bond donors (Lipinski definition) is 0. The van der Waals surface area contributed by atoms with Gasteiger partial charge in [0.15, 0.2) is 5.65 Å². The number of likely N-dealkylation sites (N-methyl/N-ethyl adjacent to an activating group) is 1. The number of pyridine rings is 1. The highest BCUT2D eigenvalue weighted by Crippen LogP contribution is 2.29. The summed E-state index contributed by atoms with van der Waals surface area (Å²) in [4.78, 5) is 22.0. The molecule has 0 saturated carbocycles. The molecule has 0 aromatic carbocycles. The van der Waals surface area contributed by atoms with Crippen LogP contribution in [0.4, 0.5) is 0 Å². The van der Waals surface area contributed by atoms with Gasteiger partial charge in [-0.1, -0.05) is 6.92 Å². The first kappa shape index (κ1) is 20.8. The number of aromatic nitrogens is 3. The number of hydrogen-bond acceptors (Lipinski definition) is 4. The van der Waals surface area contributed by atoms with E-state index < -0.39 is 0 Å². The van der Waals surface area contributed by atoms with Crippen LogP contribution in [0.1, 0.15) is 56.6 Å². The van der Waals surface area contributed by atoms with Gasteiger partial charge < -0.3 is 9.80 Å². The molecule has 0 atom stereocenters. The third-order valence-electron chi connectivity index (χ3n) is 5.97. The molecule has 0 spiro atoms. The van der Waals surface area contributed by atoms with Crippen LogP contribution in [0.5, 0.6) is 0 Å². The van der Waals surface area contributed by atoms with Crippen LogP contribution in [0.3, 0.4) is 0 Å². The molecule has 0 aliphatic carbocycles. The first-order valence-electron chi connectivity index (χ1n) is 10.5. The zero-order valence-corrected chi connectivity index (χ0v) is 18.6. The van der Waals surface area contributed by atoms with E-state index in [9.17, 15) is 4.79 Å². The Morgan fingerprint density at radius 1 is 1.04 bits per heavy atom. The zero-order chi connectivity index (χ0) is 20.6. The van der Waals surface area contributed by atoms with E-state index in [1.807, 2.05) is 9.58 Å². The summed E-state index contributed by atoms with van der Waals surface area (Å²) in [5.41, 5.74) is 5.28. The molecule has 1 aliphatic rings. The molecule has 6 nitrogen and oxygen atoms in total. The third kappa shape index (κ3) is 3.93. The fourth-order valence-corrected chi connectivity index (χ4v) is 4.25. The Balaban J connectivity index is 1.80. The number of carbonyl (C=O) groups excluding carboxylic acids is 1. The van der Waals surface area contributed by atoms with E-state index in [1.165, 1.54) is 11.1 Å². The second-order valence-electron chi connectivity index (χ2n) is 8.98. The lowest BCUT2D eigenvalue weighted by Crippen LogP contribution is -2.48. The molecule has 3 rings (SSSR count). The van der Waals surface area contributed by atoms with Crippen LogP contribution in [0.15, 0.2) is 0 Å². The Bertz CT molecular complexity index is 869. The zero-order valence-electron chi connectivity index (χ0n) is 18.6. The molecule has 2 aromatic heterocycles. The molecule has 6 heteroatoms. The first-order chi connectivity index (χ1) is 13.1. The van der Waals surface area contributed by atoms with E-state index in [4.69, 9.17) is 10.1 Å². The lowest BCUT2D eigenvalue weighted by molar-refractivity contribution is -0.132. The Kier molecular flexibility index (Phi) is 5.80. The Hall–Kier alpha value is -1.95. The van der Waals surface area contributed by atoms with Gasteiger partial charge in [-0.3, -0.25) is 4.79 Å². The number of aryl methyl sites for hydroxylation is 3. The van der Waals surface area contributed by atoms with Gasteiger partial charge in [-0.2, -0.15) is 5.10 Å². The van der Waals surface area contributed by atoms with E-state index in [2.05, 4.69) is 53.4 Å². The van der Waals surface area contributed by atoms with Crippen molar-refractivity contribution < 1.29 is 4.79 Å². The predicted octanol–water partition coefficient (Wildman–Crippen LogP) is 3.21. The molecule has 3 heterocycles. The van der Waals surface area contributed by atoms with Gasteiger partial charge in [0.05, 0.1) is 11.2 Å². The van der Waals surface area contributed by atoms with Crippen LogP contribution < -0.4 is 0 Å². The van der Waals surface area contributed by atoms with E-state index in [0.29, 0.717) is 6.42 Å². The normalized spacial score (nSPS) is 16.2. The quantitative estimate of drug-likeness (QED) is 0.811. The number of carbonyl (C=O) groups is 1. The Labute approximate surface area is 168 Å². The van der Waals surface area contributed by atoms with Gasteiger partial charge in [0.25, 0.3) is 0 Å². The molecule has 1 aliphatic heterocycles. The van der Waals surface area contributed by atoms with Crippen LogP contribution in [-0.4, -0.2) is 63.2 Å². The van der Waals surface area contributed by atoms with Crippen molar-refractivity contribution in [3.63, 3.8) is 0 Å². The predicted molar refractivity (Wildman–Crippen MR) is 114 cm³/mol. The molecule has 0 bridgehead atoms. The molecule has 2 aromatic rings. The minimum atomic E-state index is -0.115. The second-order valence-corrected chi connectivity index (χ2v) is 8.98. The van der Waals surface area contributed by atoms with Crippen molar-refractivity contribution in [3.05, 3.63) is 22.5 Å². The maximum atomic E-state index is 12.7. The summed E-state index contributed by atoms with van der Waals surface area (Å²) in [6.45, 7) is 19.6. The lowest BCUT2D eigenvalue weighted by Gasteiger charge is -2.34. The molecular weight excluding hydrogens is 350 g/mol. The van der Waals surface area contributed by atoms with Crippen LogP contribution in [0.25, 0.3) is 11.0 Å². The summed E-state index contributed by atoms with van der Waals surface area (Å²) in [6, 6.07) is 0. The minimum absolute atomic E-state index is 0.115. The number of fused-ring (bicyclic) bond motifs is 1. The molecule has 1 fully saturated rings. The summed E-state index contributed by atoms with van der Waals surface area (Å²) < 4.78 is 2.03. The standard InChI is InChI=1S/C22H35N5O/c1-8-25-11-13-26(14-12-25)19(28)10-9-18-15(2)20-17(4)24-27(22(5,6)7)21(20)23-16(18)3/h8-14H2,1-7H3. The molecule has 28 heavy (non-hydrogen) atoms. The molecule has 0 N–H and O–H groups in total. The second kappa shape index (κ2) is 7.82. The van der Waals surface area contributed by atoms with Crippen molar-refractivity contribution in [2.45, 2.75) is 66.8 Å². The van der Waals surface area contributed by atoms with E-state index in [0.717, 1.165) is 61.6 Å². The molecule has 1 saturated heterocycles. The Morgan fingerprint density at radius 2 is 1.68 bits per heavy atom. The lowest BCUT2D eigenvalue weighted by atomic mass is 9.98. The topological polar surface area (TPSA) is 54.3 Å². The van der Waals surface area contributed by atoms with Crippen molar-refractivity contribution in [1.82, 2.24) is 24.6 Å². The van der Waals surface area contributed by atoms with Crippen LogP contribution >= 0.6 is 0 Å². The van der Waals surface area contributed by atoms with Crippen molar-refractivity contribution in [1.29, 1.82) is 0 Å². The van der Waals surface area contributed by atoms with Crippen LogP contribution in [0.2, 0.25) is 0 Å². The number of piperazine rings is 1. The van der Waals surface area contributed by atoms with Crippen molar-refractivity contribution in [3.8, 4) is 0 Å². The average molecular weight is 386 g/mol. The minimum Gasteiger partial charge on any atom is -0.340 e. The highest BCUT2D eigenvalue weighted by Gasteiger charge is 2.24. The van der Waals surface area contributed by atoms with Gasteiger partial charge in [-0.25, -0.2) is 9.67 Å². The maximum absolute atomic E-state index is 12.7. The largest absolute Gasteiger partial charge is 0.340 e. The summed E-state index contributed by atoms with van der Waals surface area (Å²) in [5.74, 6) is 0.261. The number of nitrogens with zero attached hydrogens (tertiary/aromatic N) is 5. The highest BCUT2D eigenvalue weighted by atomic mass is 16.2. The van der Waals surface area contributed by atoms with Gasteiger partial charge in [0, 0.05) is 43.7 Å². The molecule has 154 valence electrons. The first-order valence-corrected chi connectivity index (χ1v) is 10.5. The third-order valence-corrected chi connectivity index (χ3v) is 5.97. The van der Waals surface area contributed by atoms with E-state index in [-0.39, 0.29) is 11.4 Å². The fourth-order valence-electron chi connectivity index (χ4n) is 4.25. The highest BCUT2D eigenvalue weighted by molar-refractivity contribution is 5.84. The van der Waals surface area contributed by atoms with Gasteiger partial charge >= 0.3 is 0 Å². The van der Waals surface area contributed by atoms with Gasteiger partial charge in [0.1, 0.15) is 0 Å². The molecule has 0 radical (unpaired) electrons. The van der Waals surface area contributed by atoms with Crippen LogP contribution in [-0.2, 0) is 16.8 Å². The van der Waals surface area contributed by atoms with E-state index in [1.54, 1.807) is 0 Å². The van der Waals surface area contributed by atoms with Gasteiger partial charge in [-0.15, -0.1) is 0 Å². The average Bonchev–Trinajstić information content (AvgIpc) is 2.98. The van der Waals surface area contributed by atoms with Crippen molar-refractivity contribution in [2.24, 2.45) is 0 Å². The van der Waals surface area contributed by atoms with E-state index >= 15 is 0 Å². The summed E-state index contributed by atoms with van der Waals surface area (Å²) in [6.07, 6.45) is 1.29. The molecular formula is C22H35N5O. The summed E-state index contributed by atoms with van der Waals surface area (Å²) in [5, 5.41) is 5.90. The van der Waals surface area contributed by atoms with Crippen molar-refractivity contribution in [2.75, 3.05) is 32.7 Å². The summed E-state index contributed by atoms with van der Waals surface area (Å²) >= 11 is 0. The molecule has 0 unspecified atom stereocenters. The van der Waals surface area contributed by atoms with Crippen LogP contribution in [0, 0.1) is 20.8 Å². The molecule has 1 amide bonds. The van der Waals surface area contributed by atoms with Gasteiger partial charge in [0.2, 0.25) is 5.91 Å². The number of amides is 1. The fraction of sp³-hybridized carbons (Fsp3) is 0.682. The smallest absolute Gasteiger partial charge is 0.222 e. The van der Waals surface area contributed by atoms with Crippen molar-refractivity contribution >= 4 is 16.9 Å². The number of rotatable bonds is 4. The monoisotopic (exact) mass is 385 g/mol. The Morgan fingerprint density at radius 3 is 2.25 bits per heavy atom. The SMILES string of the molecule is CCN1CCN(C(=O)CCc2c(C)nc3c(c(C)nn3C(C)(C)C)c2C)CC1. The maximum Gasteiger partial charge on any atom is 0.222 e. The summed E-state index contributed by atoms with van der Waals surface area (Å²) in [7, 11) is 0.